The van der Waals surface area contributed by atoms with Crippen LogP contribution in [0.25, 0.3) is 10.9 Å². The minimum Gasteiger partial charge on any atom is -0.317 e. The maximum Gasteiger partial charge on any atom is 0.234 e. The number of anilines is 1. The zero-order valence-electron chi connectivity index (χ0n) is 11.3. The lowest BCUT2D eigenvalue weighted by Gasteiger charge is -2.31. The number of rotatable bonds is 1. The molecule has 4 rings (SSSR count). The summed E-state index contributed by atoms with van der Waals surface area (Å²) in [6, 6.07) is 8.08. The van der Waals surface area contributed by atoms with Gasteiger partial charge < -0.3 is 10.2 Å². The number of piperidine rings is 1. The molecular formula is C15H17N3OS. The molecule has 1 aromatic carbocycles. The lowest BCUT2D eigenvalue weighted by Crippen LogP contribution is -2.42. The van der Waals surface area contributed by atoms with E-state index in [1.165, 1.54) is 11.5 Å². The molecule has 1 N–H and O–H groups in total. The van der Waals surface area contributed by atoms with E-state index >= 15 is 0 Å². The highest BCUT2D eigenvalue weighted by Crippen LogP contribution is 2.44. The van der Waals surface area contributed by atoms with Crippen molar-refractivity contribution in [3.63, 3.8) is 0 Å². The van der Waals surface area contributed by atoms with Gasteiger partial charge in [-0.2, -0.15) is 4.37 Å². The SMILES string of the molecule is O=C1N(c2snc3ccccc23)CCC12CCNCC2. The smallest absolute Gasteiger partial charge is 0.234 e. The van der Waals surface area contributed by atoms with Crippen molar-refractivity contribution in [3.8, 4) is 0 Å². The first-order valence-electron chi connectivity index (χ1n) is 7.17. The monoisotopic (exact) mass is 287 g/mol. The van der Waals surface area contributed by atoms with Crippen LogP contribution in [0.15, 0.2) is 24.3 Å². The van der Waals surface area contributed by atoms with E-state index in [2.05, 4.69) is 15.8 Å². The van der Waals surface area contributed by atoms with E-state index < -0.39 is 0 Å². The van der Waals surface area contributed by atoms with Gasteiger partial charge in [-0.05, 0) is 56.0 Å². The van der Waals surface area contributed by atoms with Gasteiger partial charge in [-0.3, -0.25) is 4.79 Å². The Bertz CT molecular complexity index is 660. The number of aromatic nitrogens is 1. The molecule has 0 unspecified atom stereocenters. The Morgan fingerprint density at radius 2 is 2.00 bits per heavy atom. The van der Waals surface area contributed by atoms with Crippen LogP contribution in [-0.2, 0) is 4.79 Å². The quantitative estimate of drug-likeness (QED) is 0.876. The summed E-state index contributed by atoms with van der Waals surface area (Å²) < 4.78 is 4.47. The van der Waals surface area contributed by atoms with E-state index in [0.29, 0.717) is 5.91 Å². The molecule has 0 saturated carbocycles. The molecule has 1 amide bonds. The molecule has 104 valence electrons. The summed E-state index contributed by atoms with van der Waals surface area (Å²) in [6.45, 7) is 2.76. The second-order valence-electron chi connectivity index (χ2n) is 5.74. The summed E-state index contributed by atoms with van der Waals surface area (Å²) in [5.41, 5.74) is 0.877. The van der Waals surface area contributed by atoms with E-state index in [-0.39, 0.29) is 5.41 Å². The molecule has 2 aliphatic rings. The van der Waals surface area contributed by atoms with Crippen molar-refractivity contribution in [1.29, 1.82) is 0 Å². The molecule has 5 heteroatoms. The summed E-state index contributed by atoms with van der Waals surface area (Å²) in [6.07, 6.45) is 2.93. The van der Waals surface area contributed by atoms with Crippen molar-refractivity contribution in [1.82, 2.24) is 9.69 Å². The minimum atomic E-state index is -0.115. The topological polar surface area (TPSA) is 45.2 Å². The molecule has 0 atom stereocenters. The third-order valence-corrected chi connectivity index (χ3v) is 5.58. The van der Waals surface area contributed by atoms with Crippen molar-refractivity contribution in [2.75, 3.05) is 24.5 Å². The molecule has 0 radical (unpaired) electrons. The predicted molar refractivity (Wildman–Crippen MR) is 81.1 cm³/mol. The molecule has 0 aliphatic carbocycles. The van der Waals surface area contributed by atoms with Crippen LogP contribution in [0.5, 0.6) is 0 Å². The van der Waals surface area contributed by atoms with Crippen molar-refractivity contribution in [3.05, 3.63) is 24.3 Å². The van der Waals surface area contributed by atoms with Gasteiger partial charge >= 0.3 is 0 Å². The highest BCUT2D eigenvalue weighted by molar-refractivity contribution is 7.12. The van der Waals surface area contributed by atoms with E-state index in [9.17, 15) is 4.79 Å². The summed E-state index contributed by atoms with van der Waals surface area (Å²) in [4.78, 5) is 14.9. The van der Waals surface area contributed by atoms with Crippen molar-refractivity contribution < 1.29 is 4.79 Å². The molecule has 20 heavy (non-hydrogen) atoms. The summed E-state index contributed by atoms with van der Waals surface area (Å²) >= 11 is 1.45. The number of carbonyl (C=O) groups is 1. The normalized spacial score (nSPS) is 22.0. The Balaban J connectivity index is 1.71. The van der Waals surface area contributed by atoms with Crippen LogP contribution in [0.4, 0.5) is 5.00 Å². The first-order chi connectivity index (χ1) is 9.80. The number of nitrogens with one attached hydrogen (secondary N) is 1. The zero-order valence-corrected chi connectivity index (χ0v) is 12.1. The van der Waals surface area contributed by atoms with Crippen molar-refractivity contribution in [2.45, 2.75) is 19.3 Å². The lowest BCUT2D eigenvalue weighted by atomic mass is 9.78. The molecular weight excluding hydrogens is 270 g/mol. The Morgan fingerprint density at radius 3 is 2.85 bits per heavy atom. The summed E-state index contributed by atoms with van der Waals surface area (Å²) in [5, 5.41) is 5.49. The van der Waals surface area contributed by atoms with Gasteiger partial charge in [0.05, 0.1) is 10.9 Å². The van der Waals surface area contributed by atoms with Gasteiger partial charge in [0.1, 0.15) is 5.00 Å². The van der Waals surface area contributed by atoms with E-state index in [1.54, 1.807) is 0 Å². The van der Waals surface area contributed by atoms with Gasteiger partial charge in [0.25, 0.3) is 0 Å². The molecule has 1 spiro atoms. The summed E-state index contributed by atoms with van der Waals surface area (Å²) in [5.74, 6) is 0.313. The number of amides is 1. The fourth-order valence-corrected chi connectivity index (χ4v) is 4.34. The molecule has 3 heterocycles. The Labute approximate surface area is 121 Å². The molecule has 2 aromatic rings. The average molecular weight is 287 g/mol. The number of hydrogen-bond acceptors (Lipinski definition) is 4. The van der Waals surface area contributed by atoms with Crippen LogP contribution in [0.3, 0.4) is 0 Å². The third-order valence-electron chi connectivity index (χ3n) is 4.68. The van der Waals surface area contributed by atoms with Gasteiger partial charge in [-0.15, -0.1) is 0 Å². The van der Waals surface area contributed by atoms with Gasteiger partial charge in [0.15, 0.2) is 0 Å². The van der Waals surface area contributed by atoms with Crippen molar-refractivity contribution >= 4 is 33.3 Å². The number of nitrogens with zero attached hydrogens (tertiary/aromatic N) is 2. The van der Waals surface area contributed by atoms with Crippen LogP contribution in [0.2, 0.25) is 0 Å². The Hall–Kier alpha value is -1.46. The predicted octanol–water partition coefficient (Wildman–Crippen LogP) is 2.40. The van der Waals surface area contributed by atoms with E-state index in [4.69, 9.17) is 0 Å². The second-order valence-corrected chi connectivity index (χ2v) is 6.49. The van der Waals surface area contributed by atoms with Gasteiger partial charge in [-0.25, -0.2) is 0 Å². The minimum absolute atomic E-state index is 0.115. The van der Waals surface area contributed by atoms with Crippen LogP contribution >= 0.6 is 11.5 Å². The van der Waals surface area contributed by atoms with Crippen LogP contribution in [0, 0.1) is 5.41 Å². The zero-order chi connectivity index (χ0) is 13.6. The highest BCUT2D eigenvalue weighted by atomic mass is 32.1. The van der Waals surface area contributed by atoms with Gasteiger partial charge in [0.2, 0.25) is 5.91 Å². The van der Waals surface area contributed by atoms with Crippen molar-refractivity contribution in [2.24, 2.45) is 5.41 Å². The highest BCUT2D eigenvalue weighted by Gasteiger charge is 2.47. The number of benzene rings is 1. The maximum atomic E-state index is 12.9. The molecule has 1 aromatic heterocycles. The van der Waals surface area contributed by atoms with E-state index in [1.807, 2.05) is 23.1 Å². The Kier molecular flexibility index (Phi) is 2.79. The molecule has 2 aliphatic heterocycles. The fraction of sp³-hybridized carbons (Fsp3) is 0.467. The molecule has 2 fully saturated rings. The first-order valence-corrected chi connectivity index (χ1v) is 7.95. The van der Waals surface area contributed by atoms with Crippen LogP contribution in [0.1, 0.15) is 19.3 Å². The fourth-order valence-electron chi connectivity index (χ4n) is 3.45. The lowest BCUT2D eigenvalue weighted by molar-refractivity contribution is -0.126. The average Bonchev–Trinajstić information content (AvgIpc) is 3.04. The molecule has 4 nitrogen and oxygen atoms in total. The number of fused-ring (bicyclic) bond motifs is 1. The second kappa shape index (κ2) is 4.53. The first kappa shape index (κ1) is 12.3. The van der Waals surface area contributed by atoms with Crippen LogP contribution in [-0.4, -0.2) is 29.9 Å². The third kappa shape index (κ3) is 1.70. The molecule has 2 saturated heterocycles. The maximum absolute atomic E-state index is 12.9. The molecule has 0 bridgehead atoms. The largest absolute Gasteiger partial charge is 0.317 e. The number of carbonyl (C=O) groups excluding carboxylic acids is 1. The van der Waals surface area contributed by atoms with Gasteiger partial charge in [0, 0.05) is 11.9 Å². The van der Waals surface area contributed by atoms with Gasteiger partial charge in [-0.1, -0.05) is 12.1 Å². The Morgan fingerprint density at radius 1 is 1.20 bits per heavy atom. The standard InChI is InChI=1S/C15H17N3OS/c19-14-15(5-8-16-9-6-15)7-10-18(14)13-11-3-1-2-4-12(11)17-20-13/h1-4,16H,5-10H2. The van der Waals surface area contributed by atoms with Crippen LogP contribution < -0.4 is 10.2 Å². The summed E-state index contributed by atoms with van der Waals surface area (Å²) in [7, 11) is 0. The van der Waals surface area contributed by atoms with E-state index in [0.717, 1.165) is 54.8 Å². The number of hydrogen-bond donors (Lipinski definition) is 1.